The van der Waals surface area contributed by atoms with E-state index in [9.17, 15) is 4.79 Å². The predicted octanol–water partition coefficient (Wildman–Crippen LogP) is 3.53. The lowest BCUT2D eigenvalue weighted by molar-refractivity contribution is 0.414. The Balaban J connectivity index is 1.68. The molecule has 0 fully saturated rings. The summed E-state index contributed by atoms with van der Waals surface area (Å²) in [6.45, 7) is 0. The van der Waals surface area contributed by atoms with Gasteiger partial charge < -0.3 is 4.74 Å². The number of para-hydroxylation sites is 1. The van der Waals surface area contributed by atoms with Gasteiger partial charge in [0, 0.05) is 10.6 Å². The van der Waals surface area contributed by atoms with Crippen LogP contribution >= 0.6 is 22.9 Å². The number of halogens is 1. The molecular weight excluding hydrogens is 382 g/mol. The second-order valence-corrected chi connectivity index (χ2v) is 7.15. The molecule has 0 saturated heterocycles. The van der Waals surface area contributed by atoms with Gasteiger partial charge in [0.2, 0.25) is 4.96 Å². The molecule has 4 aromatic rings. The highest BCUT2D eigenvalue weighted by molar-refractivity contribution is 7.15. The van der Waals surface area contributed by atoms with Gasteiger partial charge in [-0.25, -0.2) is 0 Å². The van der Waals surface area contributed by atoms with Gasteiger partial charge in [0.25, 0.3) is 5.56 Å². The van der Waals surface area contributed by atoms with Crippen molar-refractivity contribution < 1.29 is 4.74 Å². The number of hydrogen-bond donors (Lipinski definition) is 0. The van der Waals surface area contributed by atoms with Gasteiger partial charge in [-0.15, -0.1) is 5.10 Å². The van der Waals surface area contributed by atoms with Crippen LogP contribution in [0.3, 0.4) is 0 Å². The van der Waals surface area contributed by atoms with Crippen molar-refractivity contribution in [1.29, 1.82) is 0 Å². The van der Waals surface area contributed by atoms with E-state index in [1.807, 2.05) is 54.6 Å². The van der Waals surface area contributed by atoms with Crippen LogP contribution in [0.4, 0.5) is 0 Å². The molecule has 0 N–H and O–H groups in total. The van der Waals surface area contributed by atoms with E-state index in [4.69, 9.17) is 16.3 Å². The first kappa shape index (κ1) is 17.5. The zero-order valence-electron chi connectivity index (χ0n) is 14.3. The number of nitrogens with zero attached hydrogens (tertiary/aromatic N) is 3. The highest BCUT2D eigenvalue weighted by Crippen LogP contribution is 2.18. The summed E-state index contributed by atoms with van der Waals surface area (Å²) in [4.78, 5) is 17.6. The molecule has 0 saturated carbocycles. The van der Waals surface area contributed by atoms with Gasteiger partial charge in [-0.3, -0.25) is 4.79 Å². The Morgan fingerprint density at radius 3 is 2.63 bits per heavy atom. The standard InChI is InChI=1S/C20H14ClN3O2S/c1-26-16-5-3-2-4-14(16)12-17-19(25)24-20(27-17)22-18(23-24)11-8-13-6-9-15(21)10-7-13/h2-12H,1H3/b11-8+,17-12+. The highest BCUT2D eigenvalue weighted by Gasteiger charge is 2.09. The first-order valence-corrected chi connectivity index (χ1v) is 9.31. The first-order valence-electron chi connectivity index (χ1n) is 8.12. The van der Waals surface area contributed by atoms with E-state index in [0.29, 0.717) is 26.1 Å². The summed E-state index contributed by atoms with van der Waals surface area (Å²) < 4.78 is 7.21. The molecule has 0 aliphatic rings. The minimum Gasteiger partial charge on any atom is -0.496 e. The van der Waals surface area contributed by atoms with Gasteiger partial charge in [0.15, 0.2) is 5.82 Å². The van der Waals surface area contributed by atoms with Crippen molar-refractivity contribution in [1.82, 2.24) is 14.6 Å². The second kappa shape index (κ2) is 7.34. The number of thiazole rings is 1. The van der Waals surface area contributed by atoms with E-state index < -0.39 is 0 Å². The Bertz CT molecular complexity index is 1240. The minimum atomic E-state index is -0.195. The summed E-state index contributed by atoms with van der Waals surface area (Å²) in [7, 11) is 1.60. The quantitative estimate of drug-likeness (QED) is 0.530. The number of rotatable bonds is 4. The summed E-state index contributed by atoms with van der Waals surface area (Å²) in [5, 5.41) is 4.97. The Morgan fingerprint density at radius 2 is 1.89 bits per heavy atom. The van der Waals surface area contributed by atoms with E-state index in [2.05, 4.69) is 10.1 Å². The largest absolute Gasteiger partial charge is 0.496 e. The third-order valence-corrected chi connectivity index (χ3v) is 5.13. The third kappa shape index (κ3) is 3.63. The highest BCUT2D eigenvalue weighted by atomic mass is 35.5. The predicted molar refractivity (Wildman–Crippen MR) is 109 cm³/mol. The van der Waals surface area contributed by atoms with Gasteiger partial charge >= 0.3 is 0 Å². The monoisotopic (exact) mass is 395 g/mol. The van der Waals surface area contributed by atoms with Crippen LogP contribution in [0.15, 0.2) is 53.3 Å². The molecule has 27 heavy (non-hydrogen) atoms. The van der Waals surface area contributed by atoms with Crippen LogP contribution in [0.1, 0.15) is 17.0 Å². The summed E-state index contributed by atoms with van der Waals surface area (Å²) in [6.07, 6.45) is 5.44. The smallest absolute Gasteiger partial charge is 0.291 e. The third-order valence-electron chi connectivity index (χ3n) is 3.92. The van der Waals surface area contributed by atoms with Crippen LogP contribution in [-0.2, 0) is 0 Å². The normalized spacial score (nSPS) is 12.3. The van der Waals surface area contributed by atoms with Gasteiger partial charge in [0.1, 0.15) is 5.75 Å². The fourth-order valence-electron chi connectivity index (χ4n) is 2.59. The van der Waals surface area contributed by atoms with E-state index in [1.165, 1.54) is 15.9 Å². The van der Waals surface area contributed by atoms with Crippen molar-refractivity contribution in [3.05, 3.63) is 85.4 Å². The average molecular weight is 396 g/mol. The fraction of sp³-hybridized carbons (Fsp3) is 0.0500. The fourth-order valence-corrected chi connectivity index (χ4v) is 3.62. The maximum absolute atomic E-state index is 12.6. The molecule has 0 aliphatic heterocycles. The number of benzene rings is 2. The summed E-state index contributed by atoms with van der Waals surface area (Å²) in [6, 6.07) is 15.0. The molecule has 0 aliphatic carbocycles. The van der Waals surface area contributed by atoms with Gasteiger partial charge in [0.05, 0.1) is 11.6 Å². The Hall–Kier alpha value is -2.96. The molecule has 2 aromatic carbocycles. The lowest BCUT2D eigenvalue weighted by Gasteiger charge is -2.02. The minimum absolute atomic E-state index is 0.195. The van der Waals surface area contributed by atoms with Crippen molar-refractivity contribution in [3.8, 4) is 5.75 Å². The van der Waals surface area contributed by atoms with Crippen LogP contribution in [0.5, 0.6) is 5.75 Å². The zero-order chi connectivity index (χ0) is 18.8. The lowest BCUT2D eigenvalue weighted by Crippen LogP contribution is -2.23. The molecule has 2 heterocycles. The SMILES string of the molecule is COc1ccccc1/C=c1/sc2nc(/C=C/c3ccc(Cl)cc3)nn2c1=O. The first-order chi connectivity index (χ1) is 13.1. The van der Waals surface area contributed by atoms with Gasteiger partial charge in [-0.2, -0.15) is 9.50 Å². The van der Waals surface area contributed by atoms with E-state index in [1.54, 1.807) is 19.3 Å². The molecule has 0 radical (unpaired) electrons. The molecule has 0 bridgehead atoms. The topological polar surface area (TPSA) is 56.5 Å². The van der Waals surface area contributed by atoms with Crippen molar-refractivity contribution >= 4 is 46.1 Å². The maximum atomic E-state index is 12.6. The molecule has 4 rings (SSSR count). The van der Waals surface area contributed by atoms with Gasteiger partial charge in [-0.1, -0.05) is 59.3 Å². The molecule has 0 atom stereocenters. The second-order valence-electron chi connectivity index (χ2n) is 5.71. The Kier molecular flexibility index (Phi) is 4.75. The van der Waals surface area contributed by atoms with Crippen LogP contribution < -0.4 is 14.8 Å². The van der Waals surface area contributed by atoms with Crippen LogP contribution in [-0.4, -0.2) is 21.7 Å². The summed E-state index contributed by atoms with van der Waals surface area (Å²) in [5.41, 5.74) is 1.62. The molecule has 0 amide bonds. The molecular formula is C20H14ClN3O2S. The van der Waals surface area contributed by atoms with Crippen molar-refractivity contribution in [2.45, 2.75) is 0 Å². The number of hydrogen-bond acceptors (Lipinski definition) is 5. The van der Waals surface area contributed by atoms with E-state index >= 15 is 0 Å². The van der Waals surface area contributed by atoms with Crippen molar-refractivity contribution in [2.24, 2.45) is 0 Å². The molecule has 2 aromatic heterocycles. The maximum Gasteiger partial charge on any atom is 0.291 e. The average Bonchev–Trinajstić information content (AvgIpc) is 3.21. The van der Waals surface area contributed by atoms with Crippen LogP contribution in [0.2, 0.25) is 5.02 Å². The molecule has 0 unspecified atom stereocenters. The molecule has 134 valence electrons. The lowest BCUT2D eigenvalue weighted by atomic mass is 10.2. The summed E-state index contributed by atoms with van der Waals surface area (Å²) in [5.74, 6) is 1.19. The van der Waals surface area contributed by atoms with Crippen LogP contribution in [0, 0.1) is 0 Å². The number of aromatic nitrogens is 3. The van der Waals surface area contributed by atoms with Crippen LogP contribution in [0.25, 0.3) is 23.2 Å². The molecule has 7 heteroatoms. The number of methoxy groups -OCH3 is 1. The zero-order valence-corrected chi connectivity index (χ0v) is 15.9. The van der Waals surface area contributed by atoms with E-state index in [0.717, 1.165) is 11.1 Å². The molecule has 0 spiro atoms. The van der Waals surface area contributed by atoms with E-state index in [-0.39, 0.29) is 5.56 Å². The Morgan fingerprint density at radius 1 is 1.11 bits per heavy atom. The number of fused-ring (bicyclic) bond motifs is 1. The summed E-state index contributed by atoms with van der Waals surface area (Å²) >= 11 is 7.18. The van der Waals surface area contributed by atoms with Crippen molar-refractivity contribution in [2.75, 3.05) is 7.11 Å². The molecule has 5 nitrogen and oxygen atoms in total. The Labute approximate surface area is 163 Å². The van der Waals surface area contributed by atoms with Gasteiger partial charge in [-0.05, 0) is 35.9 Å². The van der Waals surface area contributed by atoms with Crippen molar-refractivity contribution in [3.63, 3.8) is 0 Å². The number of ether oxygens (including phenoxy) is 1.